The van der Waals surface area contributed by atoms with E-state index in [9.17, 15) is 4.79 Å². The van der Waals surface area contributed by atoms with Crippen molar-refractivity contribution in [3.63, 3.8) is 0 Å². The van der Waals surface area contributed by atoms with E-state index in [2.05, 4.69) is 21.2 Å². The molecule has 0 aliphatic heterocycles. The van der Waals surface area contributed by atoms with Crippen LogP contribution in [0.25, 0.3) is 0 Å². The molecule has 0 spiro atoms. The zero-order valence-electron chi connectivity index (χ0n) is 10.9. The van der Waals surface area contributed by atoms with Crippen molar-refractivity contribution in [3.05, 3.63) is 27.7 Å². The van der Waals surface area contributed by atoms with Gasteiger partial charge in [0, 0.05) is 9.37 Å². The number of aliphatic hydroxyl groups is 2. The van der Waals surface area contributed by atoms with Crippen molar-refractivity contribution in [1.29, 1.82) is 0 Å². The van der Waals surface area contributed by atoms with Gasteiger partial charge in [0.15, 0.2) is 0 Å². The van der Waals surface area contributed by atoms with E-state index < -0.39 is 6.04 Å². The minimum atomic E-state index is -0.583. The Balaban J connectivity index is 2.57. The van der Waals surface area contributed by atoms with Crippen molar-refractivity contribution in [2.24, 2.45) is 0 Å². The van der Waals surface area contributed by atoms with E-state index in [1.54, 1.807) is 0 Å². The fourth-order valence-corrected chi connectivity index (χ4v) is 2.85. The van der Waals surface area contributed by atoms with Crippen LogP contribution in [-0.2, 0) is 4.79 Å². The molecule has 0 heterocycles. The number of aliphatic hydroxyl groups excluding tert-OH is 2. The molecule has 0 aliphatic rings. The normalized spacial score (nSPS) is 10.8. The van der Waals surface area contributed by atoms with Crippen LogP contribution in [0.2, 0.25) is 0 Å². The first-order valence-electron chi connectivity index (χ1n) is 5.88. The molecule has 1 aromatic rings. The SMILES string of the molecule is Cc1cc(SCC(=O)NC(CO)CO)c(C)cc1Br. The van der Waals surface area contributed by atoms with Crippen LogP contribution in [0.5, 0.6) is 0 Å². The molecule has 0 aromatic heterocycles. The summed E-state index contributed by atoms with van der Waals surface area (Å²) in [6, 6.07) is 3.48. The molecule has 0 saturated carbocycles. The van der Waals surface area contributed by atoms with Crippen molar-refractivity contribution < 1.29 is 15.0 Å². The van der Waals surface area contributed by atoms with Crippen LogP contribution in [0, 0.1) is 13.8 Å². The van der Waals surface area contributed by atoms with E-state index in [0.29, 0.717) is 0 Å². The van der Waals surface area contributed by atoms with Gasteiger partial charge < -0.3 is 15.5 Å². The number of hydrogen-bond acceptors (Lipinski definition) is 4. The zero-order chi connectivity index (χ0) is 14.4. The number of carbonyl (C=O) groups excluding carboxylic acids is 1. The Morgan fingerprint density at radius 1 is 1.32 bits per heavy atom. The van der Waals surface area contributed by atoms with Gasteiger partial charge in [0.05, 0.1) is 25.0 Å². The summed E-state index contributed by atoms with van der Waals surface area (Å²) in [5.41, 5.74) is 2.23. The third-order valence-corrected chi connectivity index (χ3v) is 4.63. The first-order valence-corrected chi connectivity index (χ1v) is 7.66. The monoisotopic (exact) mass is 347 g/mol. The van der Waals surface area contributed by atoms with Crippen molar-refractivity contribution in [2.45, 2.75) is 24.8 Å². The molecule has 1 rings (SSSR count). The van der Waals surface area contributed by atoms with E-state index >= 15 is 0 Å². The summed E-state index contributed by atoms with van der Waals surface area (Å²) in [6.07, 6.45) is 0. The van der Waals surface area contributed by atoms with E-state index in [1.165, 1.54) is 11.8 Å². The molecule has 0 aliphatic carbocycles. The maximum absolute atomic E-state index is 11.6. The molecule has 0 saturated heterocycles. The fraction of sp³-hybridized carbons (Fsp3) is 0.462. The van der Waals surface area contributed by atoms with Gasteiger partial charge in [0.25, 0.3) is 0 Å². The third-order valence-electron chi connectivity index (χ3n) is 2.62. The molecule has 19 heavy (non-hydrogen) atoms. The Bertz CT molecular complexity index is 450. The predicted octanol–water partition coefficient (Wildman–Crippen LogP) is 1.63. The first-order chi connectivity index (χ1) is 8.97. The van der Waals surface area contributed by atoms with Crippen LogP contribution < -0.4 is 5.32 Å². The Kier molecular flexibility index (Phi) is 6.85. The molecule has 106 valence electrons. The lowest BCUT2D eigenvalue weighted by Crippen LogP contribution is -2.40. The summed E-state index contributed by atoms with van der Waals surface area (Å²) in [6.45, 7) is 3.47. The summed E-state index contributed by atoms with van der Waals surface area (Å²) < 4.78 is 1.06. The highest BCUT2D eigenvalue weighted by Crippen LogP contribution is 2.28. The first kappa shape index (κ1) is 16.5. The molecule has 6 heteroatoms. The van der Waals surface area contributed by atoms with Gasteiger partial charge in [-0.2, -0.15) is 0 Å². The van der Waals surface area contributed by atoms with E-state index in [4.69, 9.17) is 10.2 Å². The fourth-order valence-electron chi connectivity index (χ4n) is 1.47. The number of hydrogen-bond donors (Lipinski definition) is 3. The average molecular weight is 348 g/mol. The second kappa shape index (κ2) is 7.89. The summed E-state index contributed by atoms with van der Waals surface area (Å²) in [5.74, 6) is 0.0661. The van der Waals surface area contributed by atoms with Crippen molar-refractivity contribution in [2.75, 3.05) is 19.0 Å². The molecule has 0 bridgehead atoms. The average Bonchev–Trinajstić information content (AvgIpc) is 2.38. The number of carbonyl (C=O) groups is 1. The highest BCUT2D eigenvalue weighted by Gasteiger charge is 2.11. The Morgan fingerprint density at radius 3 is 2.53 bits per heavy atom. The second-order valence-corrected chi connectivity index (χ2v) is 6.16. The lowest BCUT2D eigenvalue weighted by atomic mass is 10.2. The highest BCUT2D eigenvalue weighted by molar-refractivity contribution is 9.10. The zero-order valence-corrected chi connectivity index (χ0v) is 13.3. The van der Waals surface area contributed by atoms with E-state index in [0.717, 1.165) is 20.5 Å². The van der Waals surface area contributed by atoms with Gasteiger partial charge in [-0.1, -0.05) is 15.9 Å². The second-order valence-electron chi connectivity index (χ2n) is 4.29. The van der Waals surface area contributed by atoms with Crippen molar-refractivity contribution in [1.82, 2.24) is 5.32 Å². The van der Waals surface area contributed by atoms with Gasteiger partial charge >= 0.3 is 0 Å². The predicted molar refractivity (Wildman–Crippen MR) is 80.4 cm³/mol. The van der Waals surface area contributed by atoms with Crippen LogP contribution in [0.4, 0.5) is 0 Å². The van der Waals surface area contributed by atoms with Gasteiger partial charge in [-0.3, -0.25) is 4.79 Å². The van der Waals surface area contributed by atoms with Crippen LogP contribution in [0.1, 0.15) is 11.1 Å². The molecule has 0 atom stereocenters. The maximum Gasteiger partial charge on any atom is 0.230 e. The van der Waals surface area contributed by atoms with Gasteiger partial charge in [0.1, 0.15) is 0 Å². The van der Waals surface area contributed by atoms with Gasteiger partial charge in [0.2, 0.25) is 5.91 Å². The lowest BCUT2D eigenvalue weighted by Gasteiger charge is -2.13. The van der Waals surface area contributed by atoms with Crippen LogP contribution >= 0.6 is 27.7 Å². The van der Waals surface area contributed by atoms with E-state index in [1.807, 2.05) is 26.0 Å². The molecule has 1 aromatic carbocycles. The molecule has 4 nitrogen and oxygen atoms in total. The summed E-state index contributed by atoms with van der Waals surface area (Å²) in [7, 11) is 0. The number of nitrogens with one attached hydrogen (secondary N) is 1. The molecular weight excluding hydrogens is 330 g/mol. The molecule has 0 unspecified atom stereocenters. The number of halogens is 1. The van der Waals surface area contributed by atoms with Crippen molar-refractivity contribution in [3.8, 4) is 0 Å². The smallest absolute Gasteiger partial charge is 0.230 e. The summed E-state index contributed by atoms with van der Waals surface area (Å²) >= 11 is 4.91. The topological polar surface area (TPSA) is 69.6 Å². The van der Waals surface area contributed by atoms with Gasteiger partial charge in [-0.25, -0.2) is 0 Å². The quantitative estimate of drug-likeness (QED) is 0.684. The standard InChI is InChI=1S/C13H18BrNO3S/c1-8-4-12(9(2)3-11(8)14)19-7-13(18)15-10(5-16)6-17/h3-4,10,16-17H,5-7H2,1-2H3,(H,15,18). The van der Waals surface area contributed by atoms with Crippen LogP contribution in [0.15, 0.2) is 21.5 Å². The number of thioether (sulfide) groups is 1. The number of amides is 1. The van der Waals surface area contributed by atoms with Crippen molar-refractivity contribution >= 4 is 33.6 Å². The number of rotatable bonds is 6. The Hall–Kier alpha value is -0.560. The summed E-state index contributed by atoms with van der Waals surface area (Å²) in [4.78, 5) is 12.7. The van der Waals surface area contributed by atoms with Gasteiger partial charge in [-0.05, 0) is 37.1 Å². The highest BCUT2D eigenvalue weighted by atomic mass is 79.9. The number of benzene rings is 1. The Morgan fingerprint density at radius 2 is 1.95 bits per heavy atom. The minimum absolute atomic E-state index is 0.196. The molecule has 3 N–H and O–H groups in total. The molecule has 0 fully saturated rings. The minimum Gasteiger partial charge on any atom is -0.394 e. The third kappa shape index (κ3) is 5.14. The van der Waals surface area contributed by atoms with Gasteiger partial charge in [-0.15, -0.1) is 11.8 Å². The molecule has 0 radical (unpaired) electrons. The van der Waals surface area contributed by atoms with E-state index in [-0.39, 0.29) is 24.9 Å². The largest absolute Gasteiger partial charge is 0.394 e. The van der Waals surface area contributed by atoms with Crippen LogP contribution in [-0.4, -0.2) is 41.1 Å². The lowest BCUT2D eigenvalue weighted by molar-refractivity contribution is -0.119. The summed E-state index contributed by atoms with van der Waals surface area (Å²) in [5, 5.41) is 20.3. The maximum atomic E-state index is 11.6. The molecular formula is C13H18BrNO3S. The van der Waals surface area contributed by atoms with Crippen LogP contribution in [0.3, 0.4) is 0 Å². The number of aryl methyl sites for hydroxylation is 2. The Labute approximate surface area is 125 Å². The molecule has 1 amide bonds.